The Balaban J connectivity index is 2.76. The number of methoxy groups -OCH3 is 1. The summed E-state index contributed by atoms with van der Waals surface area (Å²) in [6.07, 6.45) is 4.23. The number of ether oxygens (including phenoxy) is 1. The van der Waals surface area contributed by atoms with E-state index in [2.05, 4.69) is 41.2 Å². The SMILES string of the molecule is COCC(C)Nc1nc(C)cn1C(C)CSC. The smallest absolute Gasteiger partial charge is 0.203 e. The van der Waals surface area contributed by atoms with E-state index in [9.17, 15) is 0 Å². The summed E-state index contributed by atoms with van der Waals surface area (Å²) in [5.41, 5.74) is 1.05. The Morgan fingerprint density at radius 3 is 2.82 bits per heavy atom. The molecule has 0 aromatic carbocycles. The van der Waals surface area contributed by atoms with Gasteiger partial charge in [0.2, 0.25) is 5.95 Å². The van der Waals surface area contributed by atoms with Crippen molar-refractivity contribution in [2.45, 2.75) is 32.9 Å². The summed E-state index contributed by atoms with van der Waals surface area (Å²) < 4.78 is 7.33. The van der Waals surface area contributed by atoms with Crippen LogP contribution in [0.3, 0.4) is 0 Å². The number of thioether (sulfide) groups is 1. The summed E-state index contributed by atoms with van der Waals surface area (Å²) in [4.78, 5) is 4.52. The van der Waals surface area contributed by atoms with E-state index in [-0.39, 0.29) is 6.04 Å². The second kappa shape index (κ2) is 6.91. The third-order valence-corrected chi connectivity index (χ3v) is 3.34. The van der Waals surface area contributed by atoms with Crippen LogP contribution in [0, 0.1) is 6.92 Å². The molecule has 0 saturated heterocycles. The van der Waals surface area contributed by atoms with Crippen LogP contribution < -0.4 is 5.32 Å². The van der Waals surface area contributed by atoms with E-state index in [1.807, 2.05) is 18.7 Å². The largest absolute Gasteiger partial charge is 0.383 e. The molecule has 0 saturated carbocycles. The highest BCUT2D eigenvalue weighted by Gasteiger charge is 2.13. The highest BCUT2D eigenvalue weighted by atomic mass is 32.2. The number of nitrogens with one attached hydrogen (secondary N) is 1. The molecule has 1 rings (SSSR count). The van der Waals surface area contributed by atoms with Crippen LogP contribution in [-0.2, 0) is 4.74 Å². The van der Waals surface area contributed by atoms with E-state index in [1.54, 1.807) is 7.11 Å². The van der Waals surface area contributed by atoms with E-state index in [0.29, 0.717) is 12.6 Å². The van der Waals surface area contributed by atoms with E-state index < -0.39 is 0 Å². The maximum absolute atomic E-state index is 5.13. The molecule has 98 valence electrons. The van der Waals surface area contributed by atoms with Gasteiger partial charge < -0.3 is 14.6 Å². The molecule has 1 aromatic rings. The normalized spacial score (nSPS) is 14.6. The molecule has 4 nitrogen and oxygen atoms in total. The van der Waals surface area contributed by atoms with E-state index in [4.69, 9.17) is 4.74 Å². The van der Waals surface area contributed by atoms with Gasteiger partial charge in [0, 0.05) is 31.1 Å². The second-order valence-corrected chi connectivity index (χ2v) is 5.33. The molecule has 0 radical (unpaired) electrons. The molecule has 0 amide bonds. The van der Waals surface area contributed by atoms with E-state index in [1.165, 1.54) is 0 Å². The summed E-state index contributed by atoms with van der Waals surface area (Å²) in [5, 5.41) is 3.39. The molecule has 0 aliphatic rings. The minimum atomic E-state index is 0.266. The van der Waals surface area contributed by atoms with Crippen molar-refractivity contribution in [2.75, 3.05) is 31.0 Å². The molecule has 0 bridgehead atoms. The fraction of sp³-hybridized carbons (Fsp3) is 0.750. The topological polar surface area (TPSA) is 39.1 Å². The van der Waals surface area contributed by atoms with Crippen molar-refractivity contribution < 1.29 is 4.74 Å². The number of anilines is 1. The first kappa shape index (κ1) is 14.4. The Hall–Kier alpha value is -0.680. The molecule has 1 heterocycles. The first-order valence-corrected chi connectivity index (χ1v) is 7.27. The van der Waals surface area contributed by atoms with E-state index in [0.717, 1.165) is 17.4 Å². The molecule has 1 aromatic heterocycles. The van der Waals surface area contributed by atoms with Gasteiger partial charge >= 0.3 is 0 Å². The Morgan fingerprint density at radius 1 is 1.53 bits per heavy atom. The van der Waals surface area contributed by atoms with Crippen LogP contribution in [0.1, 0.15) is 25.6 Å². The number of hydrogen-bond donors (Lipinski definition) is 1. The fourth-order valence-electron chi connectivity index (χ4n) is 1.79. The second-order valence-electron chi connectivity index (χ2n) is 4.42. The first-order chi connectivity index (χ1) is 8.08. The molecule has 1 N–H and O–H groups in total. The van der Waals surface area contributed by atoms with Crippen molar-refractivity contribution in [1.82, 2.24) is 9.55 Å². The lowest BCUT2D eigenvalue weighted by Crippen LogP contribution is -2.24. The zero-order chi connectivity index (χ0) is 12.8. The molecule has 0 spiro atoms. The van der Waals surface area contributed by atoms with Crippen LogP contribution >= 0.6 is 11.8 Å². The maximum Gasteiger partial charge on any atom is 0.203 e. The van der Waals surface area contributed by atoms with Gasteiger partial charge in [0.15, 0.2) is 0 Å². The molecule has 17 heavy (non-hydrogen) atoms. The summed E-state index contributed by atoms with van der Waals surface area (Å²) in [7, 11) is 1.71. The van der Waals surface area contributed by atoms with Gasteiger partial charge in [0.05, 0.1) is 12.3 Å². The molecule has 2 unspecified atom stereocenters. The molecule has 2 atom stereocenters. The number of imidazole rings is 1. The fourth-order valence-corrected chi connectivity index (χ4v) is 2.44. The summed E-state index contributed by atoms with van der Waals surface area (Å²) in [6, 6.07) is 0.713. The molecule has 5 heteroatoms. The first-order valence-electron chi connectivity index (χ1n) is 5.88. The third kappa shape index (κ3) is 4.24. The van der Waals surface area contributed by atoms with Crippen LogP contribution in [0.25, 0.3) is 0 Å². The zero-order valence-corrected chi connectivity index (χ0v) is 12.2. The Morgan fingerprint density at radius 2 is 2.24 bits per heavy atom. The highest BCUT2D eigenvalue weighted by molar-refractivity contribution is 7.98. The third-order valence-electron chi connectivity index (χ3n) is 2.53. The van der Waals surface area contributed by atoms with Gasteiger partial charge in [-0.3, -0.25) is 0 Å². The van der Waals surface area contributed by atoms with Gasteiger partial charge in [-0.15, -0.1) is 0 Å². The van der Waals surface area contributed by atoms with Crippen molar-refractivity contribution in [2.24, 2.45) is 0 Å². The molecule has 0 aliphatic carbocycles. The maximum atomic E-state index is 5.13. The Bertz CT molecular complexity index is 340. The monoisotopic (exact) mass is 257 g/mol. The van der Waals surface area contributed by atoms with Crippen molar-refractivity contribution in [3.05, 3.63) is 11.9 Å². The summed E-state index contributed by atoms with van der Waals surface area (Å²) >= 11 is 1.85. The molecule has 0 fully saturated rings. The molecular formula is C12H23N3OS. The van der Waals surface area contributed by atoms with Crippen molar-refractivity contribution in [1.29, 1.82) is 0 Å². The highest BCUT2D eigenvalue weighted by Crippen LogP contribution is 2.19. The number of aromatic nitrogens is 2. The molecular weight excluding hydrogens is 234 g/mol. The lowest BCUT2D eigenvalue weighted by Gasteiger charge is -2.19. The van der Waals surface area contributed by atoms with E-state index >= 15 is 0 Å². The number of hydrogen-bond acceptors (Lipinski definition) is 4. The minimum absolute atomic E-state index is 0.266. The van der Waals surface area contributed by atoms with Crippen LogP contribution in [0.15, 0.2) is 6.20 Å². The number of rotatable bonds is 7. The average Bonchev–Trinajstić information content (AvgIpc) is 2.60. The predicted octanol–water partition coefficient (Wildman–Crippen LogP) is 2.56. The standard InChI is InChI=1S/C12H23N3OS/c1-9-6-15(11(3)8-17-5)12(13-9)14-10(2)7-16-4/h6,10-11H,7-8H2,1-5H3,(H,13,14). The lowest BCUT2D eigenvalue weighted by molar-refractivity contribution is 0.190. The summed E-state index contributed by atoms with van der Waals surface area (Å²) in [5.74, 6) is 2.02. The van der Waals surface area contributed by atoms with Gasteiger partial charge in [-0.25, -0.2) is 4.98 Å². The van der Waals surface area contributed by atoms with Crippen LogP contribution in [-0.4, -0.2) is 41.3 Å². The van der Waals surface area contributed by atoms with Crippen LogP contribution in [0.5, 0.6) is 0 Å². The van der Waals surface area contributed by atoms with Gasteiger partial charge in [-0.1, -0.05) is 0 Å². The quantitative estimate of drug-likeness (QED) is 0.815. The van der Waals surface area contributed by atoms with Gasteiger partial charge in [-0.2, -0.15) is 11.8 Å². The lowest BCUT2D eigenvalue weighted by atomic mass is 10.3. The Kier molecular flexibility index (Phi) is 5.85. The summed E-state index contributed by atoms with van der Waals surface area (Å²) in [6.45, 7) is 7.01. The predicted molar refractivity (Wildman–Crippen MR) is 75.0 cm³/mol. The average molecular weight is 257 g/mol. The van der Waals surface area contributed by atoms with Crippen molar-refractivity contribution in [3.8, 4) is 0 Å². The zero-order valence-electron chi connectivity index (χ0n) is 11.4. The van der Waals surface area contributed by atoms with Gasteiger partial charge in [-0.05, 0) is 27.0 Å². The number of nitrogens with zero attached hydrogens (tertiary/aromatic N) is 2. The van der Waals surface area contributed by atoms with Gasteiger partial charge in [0.1, 0.15) is 0 Å². The van der Waals surface area contributed by atoms with Crippen molar-refractivity contribution >= 4 is 17.7 Å². The minimum Gasteiger partial charge on any atom is -0.383 e. The van der Waals surface area contributed by atoms with Crippen LogP contribution in [0.4, 0.5) is 5.95 Å². The number of aryl methyl sites for hydroxylation is 1. The van der Waals surface area contributed by atoms with Gasteiger partial charge in [0.25, 0.3) is 0 Å². The molecule has 0 aliphatic heterocycles. The van der Waals surface area contributed by atoms with Crippen molar-refractivity contribution in [3.63, 3.8) is 0 Å². The Labute approximate surface area is 108 Å². The van der Waals surface area contributed by atoms with Crippen LogP contribution in [0.2, 0.25) is 0 Å².